The number of rotatable bonds is 9. The van der Waals surface area contributed by atoms with Crippen LogP contribution >= 0.6 is 0 Å². The third-order valence-electron chi connectivity index (χ3n) is 11.1. The van der Waals surface area contributed by atoms with Gasteiger partial charge in [0, 0.05) is 76.4 Å². The third-order valence-corrected chi connectivity index (χ3v) is 11.1. The fourth-order valence-corrected chi connectivity index (χ4v) is 8.10. The lowest BCUT2D eigenvalue weighted by molar-refractivity contribution is -0.144. The van der Waals surface area contributed by atoms with Gasteiger partial charge in [0.2, 0.25) is 0 Å². The van der Waals surface area contributed by atoms with Crippen molar-refractivity contribution in [2.45, 2.75) is 82.9 Å². The molecule has 4 aliphatic rings. The number of fused-ring (bicyclic) bond motifs is 1. The number of aromatic hydroxyl groups is 1. The van der Waals surface area contributed by atoms with Crippen LogP contribution < -0.4 is 10.8 Å². The number of hydrogen-bond acceptors (Lipinski definition) is 8. The van der Waals surface area contributed by atoms with E-state index in [1.165, 1.54) is 6.07 Å². The van der Waals surface area contributed by atoms with E-state index in [4.69, 9.17) is 17.3 Å². The van der Waals surface area contributed by atoms with Crippen LogP contribution in [0.25, 0.3) is 0 Å². The molecule has 0 unspecified atom stereocenters. The van der Waals surface area contributed by atoms with Crippen molar-refractivity contribution in [1.29, 1.82) is 0 Å². The number of ether oxygens (including phenoxy) is 2. The summed E-state index contributed by atoms with van der Waals surface area (Å²) < 4.78 is 11.1. The molecule has 12 nitrogen and oxygen atoms in total. The number of phenolic OH excluding ortho intramolecular Hbond substituents is 1. The maximum Gasteiger partial charge on any atom is 0.410 e. The summed E-state index contributed by atoms with van der Waals surface area (Å²) in [5.41, 5.74) is 2.82. The van der Waals surface area contributed by atoms with Crippen molar-refractivity contribution in [2.24, 2.45) is 5.92 Å². The van der Waals surface area contributed by atoms with E-state index >= 15 is 0 Å². The van der Waals surface area contributed by atoms with E-state index in [2.05, 4.69) is 10.2 Å². The van der Waals surface area contributed by atoms with E-state index in [1.54, 1.807) is 21.9 Å². The van der Waals surface area contributed by atoms with Gasteiger partial charge in [-0.05, 0) is 81.0 Å². The Hall–Kier alpha value is -4.26. The van der Waals surface area contributed by atoms with Gasteiger partial charge >= 0.3 is 18.1 Å². The minimum absolute atomic E-state index is 0.00956. The molecule has 0 spiro atoms. The summed E-state index contributed by atoms with van der Waals surface area (Å²) in [6, 6.07) is 12.9. The van der Waals surface area contributed by atoms with Crippen molar-refractivity contribution in [2.75, 3.05) is 57.7 Å². The first-order chi connectivity index (χ1) is 24.7. The number of carbonyl (C=O) groups is 4. The second-order valence-electron chi connectivity index (χ2n) is 14.3. The molecule has 2 saturated heterocycles. The summed E-state index contributed by atoms with van der Waals surface area (Å²) in [6.45, 7) is 6.19. The van der Waals surface area contributed by atoms with Crippen LogP contribution in [-0.2, 0) is 31.9 Å². The first-order valence-corrected chi connectivity index (χ1v) is 18.6. The van der Waals surface area contributed by atoms with Crippen LogP contribution in [0.1, 0.15) is 63.0 Å². The number of nitrogens with zero attached hydrogens (tertiary/aromatic N) is 4. The van der Waals surface area contributed by atoms with Crippen molar-refractivity contribution in [1.82, 2.24) is 19.6 Å². The molecule has 272 valence electrons. The quantitative estimate of drug-likeness (QED) is 0.301. The normalized spacial score (nSPS) is 22.4. The van der Waals surface area contributed by atoms with Gasteiger partial charge < -0.3 is 34.6 Å². The molecule has 1 atom stereocenters. The Bertz CT molecular complexity index is 1550. The molecule has 1 aliphatic carbocycles. The third kappa shape index (κ3) is 9.16. The Morgan fingerprint density at radius 2 is 1.63 bits per heavy atom. The summed E-state index contributed by atoms with van der Waals surface area (Å²) in [4.78, 5) is 60.4. The number of hydrogen-bond donors (Lipinski definition) is 2. The highest BCUT2D eigenvalue weighted by Gasteiger charge is 2.36. The number of para-hydroxylation sites is 1. The molecule has 3 aliphatic heterocycles. The minimum atomic E-state index is -1.06. The monoisotopic (exact) mass is 699 g/mol. The number of amides is 4. The van der Waals surface area contributed by atoms with Gasteiger partial charge in [-0.25, -0.2) is 9.59 Å². The summed E-state index contributed by atoms with van der Waals surface area (Å²) in [5, 5.41) is 13.0. The van der Waals surface area contributed by atoms with Crippen LogP contribution in [-0.4, -0.2) is 127 Å². The average Bonchev–Trinajstić information content (AvgIpc) is 3.31. The zero-order valence-corrected chi connectivity index (χ0v) is 29.6. The van der Waals surface area contributed by atoms with Crippen LogP contribution in [0.4, 0.5) is 15.3 Å². The maximum absolute atomic E-state index is 14.0. The zero-order valence-electron chi connectivity index (χ0n) is 29.6. The summed E-state index contributed by atoms with van der Waals surface area (Å²) in [5.74, 6) is -0.0423. The molecule has 1 saturated carbocycles. The first kappa shape index (κ1) is 36.5. The van der Waals surface area contributed by atoms with Crippen molar-refractivity contribution in [3.05, 3.63) is 53.6 Å². The minimum Gasteiger partial charge on any atom is -0.509 e. The van der Waals surface area contributed by atoms with Gasteiger partial charge in [-0.1, -0.05) is 35.8 Å². The molecule has 2 radical (unpaired) electrons. The molecule has 4 amide bonds. The Morgan fingerprint density at radius 1 is 0.902 bits per heavy atom. The van der Waals surface area contributed by atoms with Crippen molar-refractivity contribution in [3.63, 3.8) is 0 Å². The van der Waals surface area contributed by atoms with E-state index in [0.717, 1.165) is 56.4 Å². The Kier molecular flexibility index (Phi) is 12.1. The van der Waals surface area contributed by atoms with Crippen LogP contribution in [0.5, 0.6) is 5.75 Å². The standard InChI is InChI=1S/C38H50BN5O7/c1-2-50-35(46)25-26-7-10-29(11-8-26)41-19-21-42(22-20-41)36(47)34(24-27-9-12-33(45)31(39)23-27)51-38(49)43-16-14-30(15-17-43)44-18-13-28-5-3-4-6-32(28)40-37(44)48/h3-6,9,12,23,26,29-30,34,45H,2,7-8,10-11,13-22,24-25H2,1H3,(H,40,48)/t26?,29?,34-/m1/s1. The van der Waals surface area contributed by atoms with Crippen LogP contribution in [0.3, 0.4) is 0 Å². The molecule has 6 rings (SSSR count). The predicted molar refractivity (Wildman–Crippen MR) is 193 cm³/mol. The Labute approximate surface area is 301 Å². The predicted octanol–water partition coefficient (Wildman–Crippen LogP) is 3.44. The Balaban J connectivity index is 1.03. The highest BCUT2D eigenvalue weighted by molar-refractivity contribution is 6.34. The molecule has 2 N–H and O–H groups in total. The molecular weight excluding hydrogens is 649 g/mol. The molecule has 3 fully saturated rings. The molecular formula is C38H50BN5O7. The lowest BCUT2D eigenvalue weighted by Crippen LogP contribution is -2.55. The number of phenols is 1. The van der Waals surface area contributed by atoms with E-state index in [0.29, 0.717) is 76.1 Å². The molecule has 3 heterocycles. The van der Waals surface area contributed by atoms with Crippen LogP contribution in [0.2, 0.25) is 0 Å². The highest BCUT2D eigenvalue weighted by Crippen LogP contribution is 2.31. The second-order valence-corrected chi connectivity index (χ2v) is 14.3. The van der Waals surface area contributed by atoms with E-state index in [1.807, 2.05) is 36.1 Å². The number of carbonyl (C=O) groups excluding carboxylic acids is 4. The first-order valence-electron chi connectivity index (χ1n) is 18.6. The van der Waals surface area contributed by atoms with Gasteiger partial charge in [0.15, 0.2) is 6.10 Å². The fraction of sp³-hybridized carbons (Fsp3) is 0.579. The van der Waals surface area contributed by atoms with E-state index in [9.17, 15) is 24.3 Å². The second kappa shape index (κ2) is 16.8. The molecule has 0 aromatic heterocycles. The number of piperidine rings is 1. The molecule has 2 aromatic carbocycles. The number of esters is 1. The SMILES string of the molecule is [B]c1cc(C[C@@H](OC(=O)N2CCC(N3CCc4ccccc4NC3=O)CC2)C(=O)N2CCN(C3CCC(CC(=O)OCC)CC3)CC2)ccc1O. The topological polar surface area (TPSA) is 132 Å². The molecule has 2 aromatic rings. The average molecular weight is 700 g/mol. The summed E-state index contributed by atoms with van der Waals surface area (Å²) >= 11 is 0. The number of benzene rings is 2. The summed E-state index contributed by atoms with van der Waals surface area (Å²) in [6.07, 6.45) is 5.01. The molecule has 13 heteroatoms. The number of likely N-dealkylation sites (tertiary alicyclic amines) is 1. The maximum atomic E-state index is 14.0. The number of piperazine rings is 1. The molecule has 0 bridgehead atoms. The smallest absolute Gasteiger partial charge is 0.410 e. The largest absolute Gasteiger partial charge is 0.509 e. The van der Waals surface area contributed by atoms with Crippen molar-refractivity contribution < 1.29 is 33.8 Å². The van der Waals surface area contributed by atoms with Gasteiger partial charge in [0.1, 0.15) is 13.6 Å². The lowest BCUT2D eigenvalue weighted by Gasteiger charge is -2.42. The van der Waals surface area contributed by atoms with E-state index in [-0.39, 0.29) is 41.6 Å². The van der Waals surface area contributed by atoms with E-state index < -0.39 is 12.2 Å². The number of urea groups is 1. The molecule has 51 heavy (non-hydrogen) atoms. The summed E-state index contributed by atoms with van der Waals surface area (Å²) in [7, 11) is 5.96. The van der Waals surface area contributed by atoms with Gasteiger partial charge in [-0.15, -0.1) is 0 Å². The van der Waals surface area contributed by atoms with Crippen LogP contribution in [0.15, 0.2) is 42.5 Å². The Morgan fingerprint density at radius 3 is 2.33 bits per heavy atom. The fourth-order valence-electron chi connectivity index (χ4n) is 8.10. The van der Waals surface area contributed by atoms with Gasteiger partial charge in [0.05, 0.1) is 6.61 Å². The number of nitrogens with one attached hydrogen (secondary N) is 1. The lowest BCUT2D eigenvalue weighted by atomic mass is 9.83. The zero-order chi connectivity index (χ0) is 35.9. The van der Waals surface area contributed by atoms with Gasteiger partial charge in [-0.2, -0.15) is 0 Å². The number of anilines is 1. The van der Waals surface area contributed by atoms with Crippen molar-refractivity contribution in [3.8, 4) is 5.75 Å². The van der Waals surface area contributed by atoms with Crippen LogP contribution in [0, 0.1) is 5.92 Å². The van der Waals surface area contributed by atoms with Gasteiger partial charge in [0.25, 0.3) is 5.91 Å². The van der Waals surface area contributed by atoms with Crippen molar-refractivity contribution >= 4 is 43.0 Å². The van der Waals surface area contributed by atoms with Gasteiger partial charge in [-0.3, -0.25) is 14.5 Å². The highest BCUT2D eigenvalue weighted by atomic mass is 16.6.